The molecule has 2 heterocycles. The van der Waals surface area contributed by atoms with Gasteiger partial charge in [-0.15, -0.1) is 10.2 Å². The van der Waals surface area contributed by atoms with Gasteiger partial charge in [-0.3, -0.25) is 24.6 Å². The number of hydrogen-bond donors (Lipinski definition) is 1. The van der Waals surface area contributed by atoms with Crippen LogP contribution < -0.4 is 5.32 Å². The summed E-state index contributed by atoms with van der Waals surface area (Å²) in [7, 11) is 0. The molecule has 7 nitrogen and oxygen atoms in total. The maximum Gasteiger partial charge on any atom is 0.249 e. The SMILES string of the molecule is CCc1nnc(NC(=O)C(CCSC)N2C(=O)C3CCCCC3C2=O)s1. The summed E-state index contributed by atoms with van der Waals surface area (Å²) in [4.78, 5) is 39.8. The highest BCUT2D eigenvalue weighted by molar-refractivity contribution is 7.98. The minimum atomic E-state index is -0.776. The Morgan fingerprint density at radius 2 is 1.92 bits per heavy atom. The van der Waals surface area contributed by atoms with Gasteiger partial charge >= 0.3 is 0 Å². The molecule has 26 heavy (non-hydrogen) atoms. The van der Waals surface area contributed by atoms with Crippen molar-refractivity contribution in [3.8, 4) is 0 Å². The van der Waals surface area contributed by atoms with Gasteiger partial charge in [0, 0.05) is 0 Å². The lowest BCUT2D eigenvalue weighted by Crippen LogP contribution is -2.48. The standard InChI is InChI=1S/C17H24N4O3S2/c1-3-13-19-20-17(26-13)18-14(22)12(8-9-25-2)21-15(23)10-6-4-5-7-11(10)16(21)24/h10-12H,3-9H2,1-2H3,(H,18,20,22). The molecular weight excluding hydrogens is 372 g/mol. The van der Waals surface area contributed by atoms with E-state index >= 15 is 0 Å². The van der Waals surface area contributed by atoms with Gasteiger partial charge in [-0.1, -0.05) is 31.1 Å². The highest BCUT2D eigenvalue weighted by atomic mass is 32.2. The zero-order chi connectivity index (χ0) is 18.7. The molecule has 1 aliphatic heterocycles. The van der Waals surface area contributed by atoms with Crippen LogP contribution in [-0.2, 0) is 20.8 Å². The van der Waals surface area contributed by atoms with Crippen LogP contribution in [0.3, 0.4) is 0 Å². The van der Waals surface area contributed by atoms with Crippen molar-refractivity contribution in [2.45, 2.75) is 51.5 Å². The number of thioether (sulfide) groups is 1. The van der Waals surface area contributed by atoms with Gasteiger partial charge in [0.2, 0.25) is 22.9 Å². The van der Waals surface area contributed by atoms with Crippen molar-refractivity contribution in [3.05, 3.63) is 5.01 Å². The average molecular weight is 397 g/mol. The van der Waals surface area contributed by atoms with Crippen molar-refractivity contribution in [1.82, 2.24) is 15.1 Å². The van der Waals surface area contributed by atoms with Crippen molar-refractivity contribution in [3.63, 3.8) is 0 Å². The molecular formula is C17H24N4O3S2. The molecule has 0 spiro atoms. The predicted molar refractivity (Wildman–Crippen MR) is 102 cm³/mol. The molecule has 1 aromatic heterocycles. The molecule has 1 N–H and O–H groups in total. The number of carbonyl (C=O) groups is 3. The number of hydrogen-bond acceptors (Lipinski definition) is 7. The topological polar surface area (TPSA) is 92.3 Å². The number of likely N-dealkylation sites (tertiary alicyclic amines) is 1. The van der Waals surface area contributed by atoms with Crippen LogP contribution in [0.4, 0.5) is 5.13 Å². The van der Waals surface area contributed by atoms with Crippen molar-refractivity contribution in [2.24, 2.45) is 11.8 Å². The van der Waals surface area contributed by atoms with Gasteiger partial charge < -0.3 is 0 Å². The molecule has 3 amide bonds. The summed E-state index contributed by atoms with van der Waals surface area (Å²) in [6.45, 7) is 1.97. The Hall–Kier alpha value is -1.48. The third-order valence-electron chi connectivity index (χ3n) is 5.08. The molecule has 3 unspecified atom stereocenters. The van der Waals surface area contributed by atoms with Gasteiger partial charge in [-0.05, 0) is 37.7 Å². The smallest absolute Gasteiger partial charge is 0.249 e. The summed E-state index contributed by atoms with van der Waals surface area (Å²) < 4.78 is 0. The Labute approximate surface area is 161 Å². The first-order valence-electron chi connectivity index (χ1n) is 9.05. The lowest BCUT2D eigenvalue weighted by Gasteiger charge is -2.25. The number of rotatable bonds is 7. The van der Waals surface area contributed by atoms with Crippen LogP contribution in [0, 0.1) is 11.8 Å². The van der Waals surface area contributed by atoms with E-state index in [0.717, 1.165) is 37.1 Å². The largest absolute Gasteiger partial charge is 0.299 e. The van der Waals surface area contributed by atoms with Gasteiger partial charge in [0.1, 0.15) is 11.0 Å². The molecule has 3 rings (SSSR count). The molecule has 2 aliphatic rings. The molecule has 1 saturated carbocycles. The third-order valence-corrected chi connectivity index (χ3v) is 6.71. The molecule has 1 aromatic rings. The van der Waals surface area contributed by atoms with E-state index < -0.39 is 6.04 Å². The van der Waals surface area contributed by atoms with Gasteiger partial charge in [0.15, 0.2) is 0 Å². The number of fused-ring (bicyclic) bond motifs is 1. The Morgan fingerprint density at radius 3 is 2.46 bits per heavy atom. The van der Waals surface area contributed by atoms with Crippen molar-refractivity contribution in [1.29, 1.82) is 0 Å². The van der Waals surface area contributed by atoms with Crippen molar-refractivity contribution < 1.29 is 14.4 Å². The molecule has 1 aliphatic carbocycles. The van der Waals surface area contributed by atoms with Gasteiger partial charge in [0.05, 0.1) is 11.8 Å². The number of aromatic nitrogens is 2. The summed E-state index contributed by atoms with van der Waals surface area (Å²) in [5, 5.41) is 12.0. The van der Waals surface area contributed by atoms with Crippen LogP contribution >= 0.6 is 23.1 Å². The highest BCUT2D eigenvalue weighted by Crippen LogP contribution is 2.39. The second-order valence-corrected chi connectivity index (χ2v) is 8.73. The van der Waals surface area contributed by atoms with Crippen molar-refractivity contribution >= 4 is 46.0 Å². The van der Waals surface area contributed by atoms with Crippen molar-refractivity contribution in [2.75, 3.05) is 17.3 Å². The average Bonchev–Trinajstić information content (AvgIpc) is 3.20. The number of anilines is 1. The fraction of sp³-hybridized carbons (Fsp3) is 0.706. The van der Waals surface area contributed by atoms with Crippen LogP contribution in [0.1, 0.15) is 44.0 Å². The molecule has 1 saturated heterocycles. The quantitative estimate of drug-likeness (QED) is 0.711. The van der Waals surface area contributed by atoms with Crippen LogP contribution in [0.2, 0.25) is 0 Å². The maximum absolute atomic E-state index is 12.9. The van der Waals surface area contributed by atoms with Gasteiger partial charge in [0.25, 0.3) is 0 Å². The number of nitrogens with one attached hydrogen (secondary N) is 1. The molecule has 0 aromatic carbocycles. The third kappa shape index (κ3) is 3.78. The fourth-order valence-corrected chi connectivity index (χ4v) is 4.88. The monoisotopic (exact) mass is 396 g/mol. The zero-order valence-corrected chi connectivity index (χ0v) is 16.7. The van der Waals surface area contributed by atoms with E-state index in [4.69, 9.17) is 0 Å². The lowest BCUT2D eigenvalue weighted by molar-refractivity contribution is -0.146. The first-order chi connectivity index (χ1) is 12.6. The normalized spacial score (nSPS) is 23.8. The summed E-state index contributed by atoms with van der Waals surface area (Å²) in [5.74, 6) is -0.484. The van der Waals surface area contributed by atoms with Crippen LogP contribution in [-0.4, -0.2) is 50.9 Å². The molecule has 142 valence electrons. The maximum atomic E-state index is 12.9. The predicted octanol–water partition coefficient (Wildman–Crippen LogP) is 2.34. The minimum Gasteiger partial charge on any atom is -0.299 e. The van der Waals surface area contributed by atoms with E-state index in [1.54, 1.807) is 11.8 Å². The number of amides is 3. The van der Waals surface area contributed by atoms with E-state index in [2.05, 4.69) is 15.5 Å². The highest BCUT2D eigenvalue weighted by Gasteiger charge is 2.51. The fourth-order valence-electron chi connectivity index (χ4n) is 3.74. The summed E-state index contributed by atoms with van der Waals surface area (Å²) >= 11 is 2.91. The van der Waals surface area contributed by atoms with E-state index in [9.17, 15) is 14.4 Å². The Balaban J connectivity index is 1.79. The number of aryl methyl sites for hydroxylation is 1. The molecule has 0 bridgehead atoms. The van der Waals surface area contributed by atoms with Gasteiger partial charge in [-0.2, -0.15) is 11.8 Å². The Morgan fingerprint density at radius 1 is 1.27 bits per heavy atom. The van der Waals surface area contributed by atoms with E-state index in [1.807, 2.05) is 13.2 Å². The van der Waals surface area contributed by atoms with Crippen LogP contribution in [0.5, 0.6) is 0 Å². The lowest BCUT2D eigenvalue weighted by atomic mass is 9.81. The van der Waals surface area contributed by atoms with Gasteiger partial charge in [-0.25, -0.2) is 0 Å². The summed E-state index contributed by atoms with van der Waals surface area (Å²) in [5.41, 5.74) is 0. The molecule has 0 radical (unpaired) electrons. The molecule has 3 atom stereocenters. The second kappa shape index (κ2) is 8.47. The first kappa shape index (κ1) is 19.3. The van der Waals surface area contributed by atoms with Crippen LogP contribution in [0.25, 0.3) is 0 Å². The Bertz CT molecular complexity index is 669. The minimum absolute atomic E-state index is 0.174. The van der Waals surface area contributed by atoms with Crippen LogP contribution in [0.15, 0.2) is 0 Å². The Kier molecular flexibility index (Phi) is 6.29. The molecule has 9 heteroatoms. The van der Waals surface area contributed by atoms with E-state index in [1.165, 1.54) is 16.2 Å². The number of carbonyl (C=O) groups excluding carboxylic acids is 3. The van der Waals surface area contributed by atoms with E-state index in [-0.39, 0.29) is 29.6 Å². The molecule has 2 fully saturated rings. The second-order valence-electron chi connectivity index (χ2n) is 6.68. The first-order valence-corrected chi connectivity index (χ1v) is 11.3. The number of imide groups is 1. The summed E-state index contributed by atoms with van der Waals surface area (Å²) in [6, 6.07) is -0.776. The zero-order valence-electron chi connectivity index (χ0n) is 15.1. The summed E-state index contributed by atoms with van der Waals surface area (Å²) in [6.07, 6.45) is 6.58. The van der Waals surface area contributed by atoms with E-state index in [0.29, 0.717) is 17.3 Å². The number of nitrogens with zero attached hydrogens (tertiary/aromatic N) is 3.